The number of nitriles is 1. The van der Waals surface area contributed by atoms with Gasteiger partial charge in [0.15, 0.2) is 0 Å². The van der Waals surface area contributed by atoms with Crippen molar-refractivity contribution in [2.45, 2.75) is 6.10 Å². The Hall–Kier alpha value is -2.32. The lowest BCUT2D eigenvalue weighted by Gasteiger charge is -2.14. The number of aliphatic hydroxyl groups excluding tert-OH is 1. The van der Waals surface area contributed by atoms with Gasteiger partial charge >= 0.3 is 0 Å². The molecule has 0 aliphatic rings. The molecule has 1 unspecified atom stereocenters. The molecule has 0 spiro atoms. The molecule has 0 aromatic heterocycles. The number of hydrogen-bond acceptors (Lipinski definition) is 2. The van der Waals surface area contributed by atoms with Crippen LogP contribution in [-0.4, -0.2) is 5.11 Å². The maximum atomic E-state index is 13.9. The minimum Gasteiger partial charge on any atom is -0.383 e. The Bertz CT molecular complexity index is 664. The van der Waals surface area contributed by atoms with Crippen molar-refractivity contribution in [1.29, 1.82) is 5.26 Å². The Morgan fingerprint density at radius 3 is 2.47 bits per heavy atom. The first kappa shape index (κ1) is 13.1. The van der Waals surface area contributed by atoms with Crippen LogP contribution >= 0.6 is 0 Å². The van der Waals surface area contributed by atoms with Crippen molar-refractivity contribution in [3.63, 3.8) is 0 Å². The van der Waals surface area contributed by atoms with E-state index < -0.39 is 29.1 Å². The van der Waals surface area contributed by atoms with Crippen molar-refractivity contribution < 1.29 is 18.3 Å². The molecule has 0 radical (unpaired) electrons. The van der Waals surface area contributed by atoms with Crippen LogP contribution in [0, 0.1) is 28.8 Å². The highest BCUT2D eigenvalue weighted by atomic mass is 19.1. The third-order valence-corrected chi connectivity index (χ3v) is 2.68. The molecular weight excluding hydrogens is 255 g/mol. The largest absolute Gasteiger partial charge is 0.383 e. The summed E-state index contributed by atoms with van der Waals surface area (Å²) in [6.07, 6.45) is -1.68. The molecule has 2 aromatic rings. The van der Waals surface area contributed by atoms with Crippen molar-refractivity contribution in [2.75, 3.05) is 0 Å². The summed E-state index contributed by atoms with van der Waals surface area (Å²) in [5, 5.41) is 18.6. The van der Waals surface area contributed by atoms with Gasteiger partial charge in [-0.15, -0.1) is 0 Å². The minimum atomic E-state index is -1.68. The lowest BCUT2D eigenvalue weighted by atomic mass is 9.98. The summed E-state index contributed by atoms with van der Waals surface area (Å²) < 4.78 is 40.5. The van der Waals surface area contributed by atoms with Gasteiger partial charge in [-0.25, -0.2) is 13.2 Å². The molecule has 1 atom stereocenters. The molecule has 2 nitrogen and oxygen atoms in total. The Kier molecular flexibility index (Phi) is 3.54. The van der Waals surface area contributed by atoms with E-state index in [0.29, 0.717) is 0 Å². The van der Waals surface area contributed by atoms with E-state index in [9.17, 15) is 18.3 Å². The van der Waals surface area contributed by atoms with Crippen LogP contribution in [0.1, 0.15) is 22.8 Å². The second-order valence-corrected chi connectivity index (χ2v) is 3.89. The van der Waals surface area contributed by atoms with Crippen LogP contribution in [0.15, 0.2) is 36.4 Å². The van der Waals surface area contributed by atoms with E-state index in [1.807, 2.05) is 0 Å². The molecule has 0 aliphatic carbocycles. The summed E-state index contributed by atoms with van der Waals surface area (Å²) >= 11 is 0. The smallest absolute Gasteiger partial charge is 0.150 e. The maximum absolute atomic E-state index is 13.9. The third kappa shape index (κ3) is 2.44. The summed E-state index contributed by atoms with van der Waals surface area (Å²) in [6, 6.07) is 8.20. The number of halogens is 3. The number of rotatable bonds is 2. The SMILES string of the molecule is N#Cc1ccc(F)c(C(O)c2cccc(F)c2)c1F. The number of hydrogen-bond donors (Lipinski definition) is 1. The van der Waals surface area contributed by atoms with Gasteiger partial charge < -0.3 is 5.11 Å². The van der Waals surface area contributed by atoms with Crippen molar-refractivity contribution in [3.8, 4) is 6.07 Å². The second-order valence-electron chi connectivity index (χ2n) is 3.89. The Labute approximate surface area is 107 Å². The number of nitrogens with zero attached hydrogens (tertiary/aromatic N) is 1. The topological polar surface area (TPSA) is 44.0 Å². The van der Waals surface area contributed by atoms with Crippen LogP contribution in [0.5, 0.6) is 0 Å². The van der Waals surface area contributed by atoms with Gasteiger partial charge in [0.05, 0.1) is 11.1 Å². The fraction of sp³-hybridized carbons (Fsp3) is 0.0714. The summed E-state index contributed by atoms with van der Waals surface area (Å²) in [6.45, 7) is 0. The highest BCUT2D eigenvalue weighted by Crippen LogP contribution is 2.28. The van der Waals surface area contributed by atoms with Crippen molar-refractivity contribution in [3.05, 3.63) is 70.5 Å². The summed E-state index contributed by atoms with van der Waals surface area (Å²) in [5.74, 6) is -2.76. The lowest BCUT2D eigenvalue weighted by Crippen LogP contribution is -2.07. The van der Waals surface area contributed by atoms with Crippen LogP contribution in [0.4, 0.5) is 13.2 Å². The van der Waals surface area contributed by atoms with E-state index in [4.69, 9.17) is 5.26 Å². The molecule has 19 heavy (non-hydrogen) atoms. The predicted octanol–water partition coefficient (Wildman–Crippen LogP) is 3.06. The molecule has 0 bridgehead atoms. The van der Waals surface area contributed by atoms with Gasteiger partial charge in [0.2, 0.25) is 0 Å². The zero-order valence-corrected chi connectivity index (χ0v) is 9.57. The van der Waals surface area contributed by atoms with Crippen LogP contribution in [0.25, 0.3) is 0 Å². The normalized spacial score (nSPS) is 11.9. The minimum absolute atomic E-state index is 0.00731. The van der Waals surface area contributed by atoms with E-state index in [-0.39, 0.29) is 11.1 Å². The monoisotopic (exact) mass is 263 g/mol. The number of aliphatic hydroxyl groups is 1. The summed E-state index contributed by atoms with van der Waals surface area (Å²) in [4.78, 5) is 0. The molecule has 0 saturated heterocycles. The molecule has 0 heterocycles. The quantitative estimate of drug-likeness (QED) is 0.905. The Morgan fingerprint density at radius 1 is 1.11 bits per heavy atom. The van der Waals surface area contributed by atoms with Gasteiger partial charge in [0.25, 0.3) is 0 Å². The fourth-order valence-electron chi connectivity index (χ4n) is 1.75. The van der Waals surface area contributed by atoms with Crippen molar-refractivity contribution in [1.82, 2.24) is 0 Å². The molecule has 0 saturated carbocycles. The maximum Gasteiger partial charge on any atom is 0.150 e. The van der Waals surface area contributed by atoms with Crippen LogP contribution in [-0.2, 0) is 0 Å². The predicted molar refractivity (Wildman–Crippen MR) is 61.5 cm³/mol. The second kappa shape index (κ2) is 5.12. The first-order valence-corrected chi connectivity index (χ1v) is 5.36. The van der Waals surface area contributed by atoms with Gasteiger partial charge in [0.1, 0.15) is 29.6 Å². The van der Waals surface area contributed by atoms with Gasteiger partial charge in [-0.1, -0.05) is 12.1 Å². The third-order valence-electron chi connectivity index (χ3n) is 2.68. The fourth-order valence-corrected chi connectivity index (χ4v) is 1.75. The van der Waals surface area contributed by atoms with E-state index in [0.717, 1.165) is 24.3 Å². The molecule has 2 rings (SSSR count). The highest BCUT2D eigenvalue weighted by molar-refractivity contribution is 5.40. The average Bonchev–Trinajstić information content (AvgIpc) is 2.39. The van der Waals surface area contributed by atoms with Crippen LogP contribution < -0.4 is 0 Å². The van der Waals surface area contributed by atoms with Crippen LogP contribution in [0.3, 0.4) is 0 Å². The van der Waals surface area contributed by atoms with E-state index >= 15 is 0 Å². The zero-order chi connectivity index (χ0) is 14.0. The summed E-state index contributed by atoms with van der Waals surface area (Å²) in [7, 11) is 0. The molecule has 5 heteroatoms. The Morgan fingerprint density at radius 2 is 1.84 bits per heavy atom. The van der Waals surface area contributed by atoms with E-state index in [1.54, 1.807) is 6.07 Å². The van der Waals surface area contributed by atoms with E-state index in [1.165, 1.54) is 12.1 Å². The van der Waals surface area contributed by atoms with Gasteiger partial charge in [-0.05, 0) is 29.8 Å². The average molecular weight is 263 g/mol. The van der Waals surface area contributed by atoms with Gasteiger partial charge in [-0.2, -0.15) is 5.26 Å². The van der Waals surface area contributed by atoms with Crippen LogP contribution in [0.2, 0.25) is 0 Å². The summed E-state index contributed by atoms with van der Waals surface area (Å²) in [5.41, 5.74) is -1.04. The standard InChI is InChI=1S/C14H8F3NO/c15-10-3-1-2-8(6-10)14(19)12-11(16)5-4-9(7-18)13(12)17/h1-6,14,19H. The highest BCUT2D eigenvalue weighted by Gasteiger charge is 2.22. The van der Waals surface area contributed by atoms with Gasteiger partial charge in [-0.3, -0.25) is 0 Å². The Balaban J connectivity index is 2.56. The molecule has 0 aliphatic heterocycles. The van der Waals surface area contributed by atoms with E-state index in [2.05, 4.69) is 0 Å². The molecule has 1 N–H and O–H groups in total. The molecule has 0 fully saturated rings. The van der Waals surface area contributed by atoms with Gasteiger partial charge in [0, 0.05) is 0 Å². The lowest BCUT2D eigenvalue weighted by molar-refractivity contribution is 0.208. The molecule has 2 aromatic carbocycles. The first-order chi connectivity index (χ1) is 9.04. The number of benzene rings is 2. The molecular formula is C14H8F3NO. The first-order valence-electron chi connectivity index (χ1n) is 5.36. The zero-order valence-electron chi connectivity index (χ0n) is 9.57. The van der Waals surface area contributed by atoms with Crippen molar-refractivity contribution >= 4 is 0 Å². The van der Waals surface area contributed by atoms with Crippen molar-refractivity contribution in [2.24, 2.45) is 0 Å². The molecule has 0 amide bonds. The molecule has 96 valence electrons.